The summed E-state index contributed by atoms with van der Waals surface area (Å²) in [5, 5.41) is 0. The Labute approximate surface area is 94.6 Å². The summed E-state index contributed by atoms with van der Waals surface area (Å²) >= 11 is 0. The van der Waals surface area contributed by atoms with Gasteiger partial charge in [0.15, 0.2) is 0 Å². The van der Waals surface area contributed by atoms with Crippen molar-refractivity contribution in [1.29, 1.82) is 0 Å². The fourth-order valence-electron chi connectivity index (χ4n) is 0.759. The van der Waals surface area contributed by atoms with Crippen molar-refractivity contribution in [2.45, 2.75) is 13.8 Å². The van der Waals surface area contributed by atoms with E-state index in [1.165, 1.54) is 0 Å². The molecule has 2 nitrogen and oxygen atoms in total. The molecule has 0 aromatic rings. The maximum atomic E-state index is 10.7. The van der Waals surface area contributed by atoms with Crippen molar-refractivity contribution in [1.82, 2.24) is 4.90 Å². The Morgan fingerprint density at radius 3 is 2.09 bits per heavy atom. The van der Waals surface area contributed by atoms with Crippen LogP contribution in [-0.2, 0) is 37.5 Å². The first kappa shape index (κ1) is 14.0. The Bertz CT molecular complexity index is 115. The van der Waals surface area contributed by atoms with Crippen LogP contribution >= 0.6 is 0 Å². The van der Waals surface area contributed by atoms with Gasteiger partial charge in [0.05, 0.1) is 5.91 Å². The third kappa shape index (κ3) is 6.83. The summed E-state index contributed by atoms with van der Waals surface area (Å²) in [7, 11) is 0. The first-order valence-corrected chi connectivity index (χ1v) is 3.48. The van der Waals surface area contributed by atoms with Gasteiger partial charge in [-0.15, -0.1) is 6.54 Å². The predicted octanol–water partition coefficient (Wildman–Crippen LogP) is 1.14. The van der Waals surface area contributed by atoms with E-state index in [2.05, 4.69) is 27.7 Å². The Morgan fingerprint density at radius 2 is 2.00 bits per heavy atom. The predicted molar refractivity (Wildman–Crippen MR) is 42.1 cm³/mol. The molecule has 1 radical (unpaired) electrons. The van der Waals surface area contributed by atoms with Crippen LogP contribution in [0.1, 0.15) is 13.8 Å². The minimum atomic E-state index is -0.135. The zero-order chi connectivity index (χ0) is 8.15. The zero-order valence-electron chi connectivity index (χ0n) is 7.34. The molecule has 1 amide bonds. The van der Waals surface area contributed by atoms with E-state index in [0.717, 1.165) is 6.54 Å². The van der Waals surface area contributed by atoms with Crippen molar-refractivity contribution >= 4 is 5.91 Å². The normalized spacial score (nSPS) is 9.09. The number of rotatable bonds is 3. The van der Waals surface area contributed by atoms with Gasteiger partial charge in [0.25, 0.3) is 0 Å². The first-order chi connectivity index (χ1) is 4.57. The van der Waals surface area contributed by atoms with Crippen molar-refractivity contribution in [3.8, 4) is 0 Å². The number of carbonyl (C=O) groups excluding carboxylic acids is 1. The molecule has 0 saturated carbocycles. The van der Waals surface area contributed by atoms with E-state index in [9.17, 15) is 4.79 Å². The molecule has 0 heterocycles. The van der Waals surface area contributed by atoms with Crippen LogP contribution in [0.4, 0.5) is 0 Å². The molecular formula is C8H15NOY-2. The average molecular weight is 230 g/mol. The minimum absolute atomic E-state index is 0. The summed E-state index contributed by atoms with van der Waals surface area (Å²) in [5.74, 6) is 0.358. The summed E-state index contributed by atoms with van der Waals surface area (Å²) in [6, 6.07) is 0. The van der Waals surface area contributed by atoms with Gasteiger partial charge in [0.2, 0.25) is 0 Å². The number of carbonyl (C=O) groups is 1. The second kappa shape index (κ2) is 7.11. The SMILES string of the molecule is [CH2-]CN(CC(C)C)C([CH2-])=O.[Y]. The first-order valence-electron chi connectivity index (χ1n) is 3.48. The molecule has 3 heteroatoms. The molecule has 63 valence electrons. The van der Waals surface area contributed by atoms with Crippen molar-refractivity contribution < 1.29 is 37.5 Å². The average Bonchev–Trinajstić information content (AvgIpc) is 1.81. The minimum Gasteiger partial charge on any atom is -0.397 e. The number of nitrogens with zero attached hydrogens (tertiary/aromatic N) is 1. The molecule has 11 heavy (non-hydrogen) atoms. The van der Waals surface area contributed by atoms with E-state index < -0.39 is 0 Å². The van der Waals surface area contributed by atoms with Gasteiger partial charge in [-0.25, -0.2) is 0 Å². The molecule has 0 N–H and O–H groups in total. The van der Waals surface area contributed by atoms with Crippen LogP contribution in [0, 0.1) is 19.8 Å². The van der Waals surface area contributed by atoms with Crippen molar-refractivity contribution in [2.24, 2.45) is 5.92 Å². The molecule has 0 fully saturated rings. The van der Waals surface area contributed by atoms with E-state index in [-0.39, 0.29) is 38.6 Å². The maximum absolute atomic E-state index is 10.7. The van der Waals surface area contributed by atoms with Crippen LogP contribution in [0.5, 0.6) is 0 Å². The number of hydrogen-bond donors (Lipinski definition) is 0. The summed E-state index contributed by atoms with van der Waals surface area (Å²) in [6.45, 7) is 12.3. The van der Waals surface area contributed by atoms with E-state index >= 15 is 0 Å². The van der Waals surface area contributed by atoms with Crippen LogP contribution in [0.15, 0.2) is 0 Å². The number of amides is 1. The van der Waals surface area contributed by atoms with Crippen LogP contribution < -0.4 is 0 Å². The Kier molecular flexibility index (Phi) is 9.05. The molecule has 0 aliphatic rings. The second-order valence-electron chi connectivity index (χ2n) is 2.73. The molecule has 0 rings (SSSR count). The van der Waals surface area contributed by atoms with E-state index in [1.54, 1.807) is 4.90 Å². The largest absolute Gasteiger partial charge is 0.397 e. The van der Waals surface area contributed by atoms with E-state index in [4.69, 9.17) is 0 Å². The maximum Gasteiger partial charge on any atom is 0.0798 e. The monoisotopic (exact) mass is 230 g/mol. The fourth-order valence-corrected chi connectivity index (χ4v) is 0.759. The molecule has 0 aliphatic carbocycles. The zero-order valence-corrected chi connectivity index (χ0v) is 10.2. The van der Waals surface area contributed by atoms with E-state index in [0.29, 0.717) is 12.5 Å². The summed E-state index contributed by atoms with van der Waals surface area (Å²) < 4.78 is 0. The molecule has 0 spiro atoms. The molecule has 0 atom stereocenters. The third-order valence-corrected chi connectivity index (χ3v) is 1.21. The van der Waals surface area contributed by atoms with Crippen LogP contribution in [-0.4, -0.2) is 23.9 Å². The van der Waals surface area contributed by atoms with Crippen LogP contribution in [0.3, 0.4) is 0 Å². The molecule has 0 aliphatic heterocycles. The molecule has 0 saturated heterocycles. The smallest absolute Gasteiger partial charge is 0.0798 e. The summed E-state index contributed by atoms with van der Waals surface area (Å²) in [4.78, 5) is 12.3. The molecule has 0 aromatic carbocycles. The molecule has 0 aromatic heterocycles. The van der Waals surface area contributed by atoms with Gasteiger partial charge in [-0.1, -0.05) is 13.8 Å². The van der Waals surface area contributed by atoms with Gasteiger partial charge in [-0.3, -0.25) is 0 Å². The van der Waals surface area contributed by atoms with Gasteiger partial charge < -0.3 is 23.5 Å². The van der Waals surface area contributed by atoms with Gasteiger partial charge in [0.1, 0.15) is 0 Å². The number of hydrogen-bond acceptors (Lipinski definition) is 1. The Hall–Kier alpha value is 0.444. The van der Waals surface area contributed by atoms with Gasteiger partial charge in [-0.2, -0.15) is 0 Å². The van der Waals surface area contributed by atoms with Gasteiger partial charge in [0, 0.05) is 39.3 Å². The van der Waals surface area contributed by atoms with Crippen molar-refractivity contribution in [3.05, 3.63) is 13.8 Å². The fraction of sp³-hybridized carbons (Fsp3) is 0.625. The van der Waals surface area contributed by atoms with Crippen LogP contribution in [0.25, 0.3) is 0 Å². The quantitative estimate of drug-likeness (QED) is 0.666. The topological polar surface area (TPSA) is 20.3 Å². The van der Waals surface area contributed by atoms with Gasteiger partial charge >= 0.3 is 0 Å². The third-order valence-electron chi connectivity index (χ3n) is 1.21. The summed E-state index contributed by atoms with van der Waals surface area (Å²) in [6.07, 6.45) is 0. The Balaban J connectivity index is 0. The Morgan fingerprint density at radius 1 is 1.55 bits per heavy atom. The summed E-state index contributed by atoms with van der Waals surface area (Å²) in [5.41, 5.74) is 0. The van der Waals surface area contributed by atoms with Crippen LogP contribution in [0.2, 0.25) is 0 Å². The van der Waals surface area contributed by atoms with E-state index in [1.807, 2.05) is 0 Å². The molecule has 0 unspecified atom stereocenters. The van der Waals surface area contributed by atoms with Gasteiger partial charge in [-0.05, 0) is 5.92 Å². The second-order valence-corrected chi connectivity index (χ2v) is 2.73. The standard InChI is InChI=1S/C8H15NO.Y/c1-5-9(8(4)10)6-7(2)3;/h7H,1,4-6H2,2-3H3;/q-2;. The van der Waals surface area contributed by atoms with Crippen molar-refractivity contribution in [2.75, 3.05) is 13.1 Å². The molecule has 0 bridgehead atoms. The van der Waals surface area contributed by atoms with Crippen molar-refractivity contribution in [3.63, 3.8) is 0 Å². The molecular weight excluding hydrogens is 215 g/mol.